The van der Waals surface area contributed by atoms with Crippen molar-refractivity contribution in [1.29, 1.82) is 0 Å². The highest BCUT2D eigenvalue weighted by atomic mass is 35.5. The van der Waals surface area contributed by atoms with E-state index < -0.39 is 11.6 Å². The first-order valence-electron chi connectivity index (χ1n) is 9.77. The van der Waals surface area contributed by atoms with Gasteiger partial charge in [-0.25, -0.2) is 13.6 Å². The van der Waals surface area contributed by atoms with E-state index in [1.54, 1.807) is 0 Å². The van der Waals surface area contributed by atoms with Crippen LogP contribution in [0.4, 0.5) is 8.78 Å². The van der Waals surface area contributed by atoms with Gasteiger partial charge in [0.15, 0.2) is 0 Å². The van der Waals surface area contributed by atoms with Crippen LogP contribution in [0, 0.1) is 29.4 Å². The van der Waals surface area contributed by atoms with E-state index in [4.69, 9.17) is 16.3 Å². The molecule has 0 spiro atoms. The maximum atomic E-state index is 13.4. The first-order chi connectivity index (χ1) is 13.9. The highest BCUT2D eigenvalue weighted by Crippen LogP contribution is 2.45. The van der Waals surface area contributed by atoms with Crippen LogP contribution in [0.1, 0.15) is 40.7 Å². The number of hydrogen-bond acceptors (Lipinski definition) is 4. The monoisotopic (exact) mass is 458 g/mol. The molecule has 0 aliphatic heterocycles. The lowest BCUT2D eigenvalue weighted by Gasteiger charge is -2.24. The third-order valence-electron chi connectivity index (χ3n) is 5.63. The van der Waals surface area contributed by atoms with Gasteiger partial charge in [0, 0.05) is 27.0 Å². The highest BCUT2D eigenvalue weighted by molar-refractivity contribution is 7.99. The summed E-state index contributed by atoms with van der Waals surface area (Å²) in [5.41, 5.74) is 0. The van der Waals surface area contributed by atoms with E-state index in [9.17, 15) is 13.6 Å². The molecular weight excluding hydrogens is 434 g/mol. The second-order valence-corrected chi connectivity index (χ2v) is 10.4. The summed E-state index contributed by atoms with van der Waals surface area (Å²) in [5.74, 6) is 0.727. The molecule has 0 unspecified atom stereocenters. The molecule has 3 rings (SSSR count). The van der Waals surface area contributed by atoms with Gasteiger partial charge in [0.25, 0.3) is 0 Å². The van der Waals surface area contributed by atoms with Crippen LogP contribution in [0.15, 0.2) is 35.2 Å². The van der Waals surface area contributed by atoms with Gasteiger partial charge in [-0.15, -0.1) is 34.7 Å². The Morgan fingerprint density at radius 1 is 1.24 bits per heavy atom. The van der Waals surface area contributed by atoms with E-state index in [1.165, 1.54) is 47.2 Å². The van der Waals surface area contributed by atoms with Crippen molar-refractivity contribution in [2.45, 2.75) is 42.9 Å². The van der Waals surface area contributed by atoms with Gasteiger partial charge in [-0.3, -0.25) is 0 Å². The van der Waals surface area contributed by atoms with E-state index in [2.05, 4.69) is 6.92 Å². The predicted octanol–water partition coefficient (Wildman–Crippen LogP) is 6.81. The molecule has 1 aliphatic carbocycles. The van der Waals surface area contributed by atoms with Crippen molar-refractivity contribution in [2.75, 3.05) is 12.9 Å². The molecule has 0 bridgehead atoms. The smallest absolute Gasteiger partial charge is 0.348 e. The number of alkyl halides is 1. The van der Waals surface area contributed by atoms with Crippen LogP contribution in [0.5, 0.6) is 0 Å². The molecule has 29 heavy (non-hydrogen) atoms. The molecule has 1 aromatic carbocycles. The number of rotatable bonds is 8. The van der Waals surface area contributed by atoms with E-state index in [-0.39, 0.29) is 11.3 Å². The van der Waals surface area contributed by atoms with Gasteiger partial charge in [0.1, 0.15) is 16.5 Å². The molecule has 0 saturated heterocycles. The van der Waals surface area contributed by atoms with E-state index in [0.717, 1.165) is 37.5 Å². The molecule has 158 valence electrons. The summed E-state index contributed by atoms with van der Waals surface area (Å²) in [7, 11) is 1.39. The summed E-state index contributed by atoms with van der Waals surface area (Å²) < 4.78 is 31.6. The number of halogens is 3. The van der Waals surface area contributed by atoms with Crippen molar-refractivity contribution < 1.29 is 18.3 Å². The Bertz CT molecular complexity index is 822. The maximum absolute atomic E-state index is 13.4. The molecule has 0 N–H and O–H groups in total. The average molecular weight is 459 g/mol. The number of thiophene rings is 1. The second kappa shape index (κ2) is 10.3. The number of hydrogen-bond donors (Lipinski definition) is 0. The summed E-state index contributed by atoms with van der Waals surface area (Å²) in [6, 6.07) is 7.46. The number of methoxy groups -OCH3 is 1. The lowest BCUT2D eigenvalue weighted by Crippen LogP contribution is -2.19. The summed E-state index contributed by atoms with van der Waals surface area (Å²) in [4.78, 5) is 14.0. The third kappa shape index (κ3) is 5.96. The van der Waals surface area contributed by atoms with Crippen LogP contribution < -0.4 is 0 Å². The molecule has 1 saturated carbocycles. The van der Waals surface area contributed by atoms with Gasteiger partial charge in [-0.05, 0) is 67.7 Å². The van der Waals surface area contributed by atoms with Crippen molar-refractivity contribution in [3.8, 4) is 0 Å². The number of carbonyl (C=O) groups excluding carboxylic acids is 1. The normalized spacial score (nSPS) is 24.0. The van der Waals surface area contributed by atoms with Gasteiger partial charge in [-0.1, -0.05) is 6.92 Å². The van der Waals surface area contributed by atoms with Crippen molar-refractivity contribution >= 4 is 40.7 Å². The topological polar surface area (TPSA) is 26.3 Å². The first-order valence-corrected chi connectivity index (χ1v) is 12.0. The Morgan fingerprint density at radius 3 is 2.66 bits per heavy atom. The minimum Gasteiger partial charge on any atom is -0.465 e. The molecule has 1 aromatic heterocycles. The lowest BCUT2D eigenvalue weighted by molar-refractivity contribution is 0.0606. The van der Waals surface area contributed by atoms with E-state index in [0.29, 0.717) is 27.5 Å². The van der Waals surface area contributed by atoms with Gasteiger partial charge < -0.3 is 4.74 Å². The summed E-state index contributed by atoms with van der Waals surface area (Å²) in [6.45, 7) is 2.22. The summed E-state index contributed by atoms with van der Waals surface area (Å²) >= 11 is 9.64. The van der Waals surface area contributed by atoms with Crippen molar-refractivity contribution in [3.05, 3.63) is 51.7 Å². The minimum absolute atomic E-state index is 0.133. The summed E-state index contributed by atoms with van der Waals surface area (Å²) in [5, 5.41) is 0.133. The highest BCUT2D eigenvalue weighted by Gasteiger charge is 2.39. The van der Waals surface area contributed by atoms with Crippen molar-refractivity contribution in [3.63, 3.8) is 0 Å². The Morgan fingerprint density at radius 2 is 1.97 bits per heavy atom. The fraction of sp³-hybridized carbons (Fsp3) is 0.500. The van der Waals surface area contributed by atoms with Crippen LogP contribution in [0.25, 0.3) is 0 Å². The quantitative estimate of drug-likeness (QED) is 0.247. The second-order valence-electron chi connectivity index (χ2n) is 7.62. The zero-order valence-electron chi connectivity index (χ0n) is 16.5. The maximum Gasteiger partial charge on any atom is 0.348 e. The zero-order valence-corrected chi connectivity index (χ0v) is 18.9. The molecule has 2 nitrogen and oxygen atoms in total. The van der Waals surface area contributed by atoms with Crippen LogP contribution in [-0.2, 0) is 11.2 Å². The van der Waals surface area contributed by atoms with Gasteiger partial charge in [0.2, 0.25) is 0 Å². The molecule has 4 atom stereocenters. The average Bonchev–Trinajstić information content (AvgIpc) is 3.23. The number of aryl methyl sites for hydroxylation is 1. The molecule has 1 aliphatic rings. The van der Waals surface area contributed by atoms with Crippen molar-refractivity contribution in [2.24, 2.45) is 17.8 Å². The first kappa shape index (κ1) is 22.6. The Hall–Kier alpha value is -1.11. The SMILES string of the molecule is COC(=O)c1ccc(CCC[C@@H]2[C@@H](CSc3cc(F)cc(F)c3)[C@H](C)C[C@H]2Cl)s1. The van der Waals surface area contributed by atoms with Gasteiger partial charge in [0.05, 0.1) is 7.11 Å². The number of esters is 1. The molecule has 0 radical (unpaired) electrons. The Balaban J connectivity index is 1.55. The van der Waals surface area contributed by atoms with E-state index >= 15 is 0 Å². The fourth-order valence-electron chi connectivity index (χ4n) is 4.12. The fourth-order valence-corrected chi connectivity index (χ4v) is 7.03. The Kier molecular flexibility index (Phi) is 7.99. The number of carbonyl (C=O) groups is 1. The molecule has 0 amide bonds. The van der Waals surface area contributed by atoms with Gasteiger partial charge in [-0.2, -0.15) is 0 Å². The molecule has 1 fully saturated rings. The Labute approximate surface area is 184 Å². The third-order valence-corrected chi connectivity index (χ3v) is 8.38. The summed E-state index contributed by atoms with van der Waals surface area (Å²) in [6.07, 6.45) is 3.88. The van der Waals surface area contributed by atoms with Crippen LogP contribution >= 0.6 is 34.7 Å². The van der Waals surface area contributed by atoms with Crippen LogP contribution in [0.3, 0.4) is 0 Å². The molecule has 2 aromatic rings. The molecular formula is C22H25ClF2O2S2. The largest absolute Gasteiger partial charge is 0.465 e. The predicted molar refractivity (Wildman–Crippen MR) is 116 cm³/mol. The molecule has 1 heterocycles. The number of ether oxygens (including phenoxy) is 1. The van der Waals surface area contributed by atoms with Gasteiger partial charge >= 0.3 is 5.97 Å². The van der Waals surface area contributed by atoms with Crippen LogP contribution in [0.2, 0.25) is 0 Å². The van der Waals surface area contributed by atoms with Crippen molar-refractivity contribution in [1.82, 2.24) is 0 Å². The minimum atomic E-state index is -0.541. The van der Waals surface area contributed by atoms with E-state index in [1.807, 2.05) is 12.1 Å². The number of thioether (sulfide) groups is 1. The standard InChI is InChI=1S/C22H25ClF2O2S2/c1-13-8-20(23)18(5-3-4-16-6-7-21(29-16)22(26)27-2)19(13)12-28-17-10-14(24)9-15(25)11-17/h6-7,9-11,13,18-20H,3-5,8,12H2,1-2H3/t13-,18-,19+,20-/m1/s1. The lowest BCUT2D eigenvalue weighted by atomic mass is 9.88. The van der Waals surface area contributed by atoms with Crippen LogP contribution in [-0.4, -0.2) is 24.2 Å². The zero-order chi connectivity index (χ0) is 21.0. The molecule has 7 heteroatoms. The number of benzene rings is 1.